The Kier molecular flexibility index (Phi) is 8.76. The van der Waals surface area contributed by atoms with Crippen LogP contribution in [0, 0.1) is 11.8 Å². The second kappa shape index (κ2) is 11.9. The number of aromatic nitrogens is 3. The molecule has 0 bridgehead atoms. The summed E-state index contributed by atoms with van der Waals surface area (Å²) in [6.07, 6.45) is 0.495. The minimum absolute atomic E-state index is 0.0769. The fourth-order valence-corrected chi connectivity index (χ4v) is 5.91. The number of alkyl halides is 2. The number of halogens is 2. The lowest BCUT2D eigenvalue weighted by Crippen LogP contribution is -2.21. The fraction of sp³-hybridized carbons (Fsp3) is 0.379. The zero-order chi connectivity index (χ0) is 27.3. The zero-order valence-electron chi connectivity index (χ0n) is 22.1. The van der Waals surface area contributed by atoms with E-state index in [1.165, 1.54) is 12.1 Å². The van der Waals surface area contributed by atoms with Gasteiger partial charge in [-0.15, -0.1) is 5.10 Å². The number of nitrogens with zero attached hydrogens (tertiary/aromatic N) is 3. The number of hydrogen-bond acceptors (Lipinski definition) is 5. The van der Waals surface area contributed by atoms with Gasteiger partial charge in [0, 0.05) is 5.56 Å². The molecule has 0 fully saturated rings. The van der Waals surface area contributed by atoms with Crippen LogP contribution in [0.3, 0.4) is 0 Å². The maximum atomic E-state index is 15.6. The first-order chi connectivity index (χ1) is 18.1. The smallest absolute Gasteiger partial charge is 0.304 e. The second-order valence-electron chi connectivity index (χ2n) is 10.3. The molecule has 0 spiro atoms. The lowest BCUT2D eigenvalue weighted by Gasteiger charge is -2.28. The largest absolute Gasteiger partial charge is 0.404 e. The zero-order valence-corrected chi connectivity index (χ0v) is 23.0. The van der Waals surface area contributed by atoms with Crippen molar-refractivity contribution in [1.82, 2.24) is 15.0 Å². The van der Waals surface area contributed by atoms with Crippen LogP contribution in [0.1, 0.15) is 50.4 Å². The molecule has 4 aromatic rings. The van der Waals surface area contributed by atoms with Crippen molar-refractivity contribution < 1.29 is 22.4 Å². The van der Waals surface area contributed by atoms with Crippen LogP contribution in [0.4, 0.5) is 8.78 Å². The highest BCUT2D eigenvalue weighted by atomic mass is 31.2. The number of benzene rings is 3. The summed E-state index contributed by atoms with van der Waals surface area (Å²) in [5.41, 5.74) is -0.696. The van der Waals surface area contributed by atoms with E-state index in [-0.39, 0.29) is 31.1 Å². The molecule has 0 aliphatic carbocycles. The first kappa shape index (κ1) is 28.1. The van der Waals surface area contributed by atoms with Gasteiger partial charge in [0.2, 0.25) is 0 Å². The third-order valence-corrected chi connectivity index (χ3v) is 8.01. The molecule has 0 N–H and O–H groups in total. The maximum absolute atomic E-state index is 15.6. The van der Waals surface area contributed by atoms with Gasteiger partial charge in [0.15, 0.2) is 0 Å². The van der Waals surface area contributed by atoms with Gasteiger partial charge in [-0.2, -0.15) is 8.78 Å². The Labute approximate surface area is 222 Å². The Morgan fingerprint density at radius 1 is 0.842 bits per heavy atom. The highest BCUT2D eigenvalue weighted by molar-refractivity contribution is 7.54. The van der Waals surface area contributed by atoms with Crippen molar-refractivity contribution in [2.24, 2.45) is 11.8 Å². The summed E-state index contributed by atoms with van der Waals surface area (Å²) in [4.78, 5) is 0. The van der Waals surface area contributed by atoms with E-state index in [0.717, 1.165) is 22.2 Å². The van der Waals surface area contributed by atoms with Crippen LogP contribution in [0.2, 0.25) is 0 Å². The molecule has 1 aromatic heterocycles. The molecule has 0 aliphatic rings. The topological polar surface area (TPSA) is 66.2 Å². The summed E-state index contributed by atoms with van der Waals surface area (Å²) in [5, 5.41) is 8.70. The molecule has 38 heavy (non-hydrogen) atoms. The van der Waals surface area contributed by atoms with Gasteiger partial charge in [0.05, 0.1) is 24.8 Å². The van der Waals surface area contributed by atoms with E-state index in [2.05, 4.69) is 10.3 Å². The summed E-state index contributed by atoms with van der Waals surface area (Å²) < 4.78 is 57.0. The van der Waals surface area contributed by atoms with E-state index in [1.54, 1.807) is 39.8 Å². The first-order valence-electron chi connectivity index (χ1n) is 12.8. The van der Waals surface area contributed by atoms with E-state index in [4.69, 9.17) is 9.05 Å². The highest BCUT2D eigenvalue weighted by Gasteiger charge is 2.55. The van der Waals surface area contributed by atoms with E-state index in [9.17, 15) is 4.57 Å². The molecule has 0 saturated heterocycles. The van der Waals surface area contributed by atoms with Gasteiger partial charge in [-0.25, -0.2) is 4.68 Å². The first-order valence-corrected chi connectivity index (χ1v) is 14.4. The quantitative estimate of drug-likeness (QED) is 0.171. The van der Waals surface area contributed by atoms with Crippen molar-refractivity contribution in [3.63, 3.8) is 0 Å². The predicted octanol–water partition coefficient (Wildman–Crippen LogP) is 7.85. The molecular formula is C29H34F2N3O3P. The Balaban J connectivity index is 1.63. The van der Waals surface area contributed by atoms with Crippen molar-refractivity contribution in [2.75, 3.05) is 13.2 Å². The van der Waals surface area contributed by atoms with Gasteiger partial charge in [0.25, 0.3) is 0 Å². The molecule has 9 heteroatoms. The van der Waals surface area contributed by atoms with Crippen LogP contribution < -0.4 is 0 Å². The van der Waals surface area contributed by atoms with E-state index in [0.29, 0.717) is 6.42 Å². The van der Waals surface area contributed by atoms with Gasteiger partial charge in [-0.1, -0.05) is 99.6 Å². The van der Waals surface area contributed by atoms with Crippen LogP contribution in [-0.4, -0.2) is 28.2 Å². The predicted molar refractivity (Wildman–Crippen MR) is 145 cm³/mol. The molecule has 1 unspecified atom stereocenters. The number of fused-ring (bicyclic) bond motifs is 1. The van der Waals surface area contributed by atoms with E-state index < -0.39 is 18.8 Å². The fourth-order valence-electron chi connectivity index (χ4n) is 4.05. The molecule has 0 radical (unpaired) electrons. The molecule has 3 aromatic carbocycles. The highest BCUT2D eigenvalue weighted by Crippen LogP contribution is 2.67. The summed E-state index contributed by atoms with van der Waals surface area (Å²) >= 11 is 0. The Hall–Kier alpha value is -2.93. The lowest BCUT2D eigenvalue weighted by atomic mass is 9.98. The molecule has 0 amide bonds. The number of hydrogen-bond donors (Lipinski definition) is 0. The monoisotopic (exact) mass is 541 g/mol. The molecule has 6 nitrogen and oxygen atoms in total. The molecular weight excluding hydrogens is 507 g/mol. The molecule has 0 aliphatic heterocycles. The van der Waals surface area contributed by atoms with Crippen LogP contribution in [-0.2, 0) is 25.7 Å². The Morgan fingerprint density at radius 2 is 1.42 bits per heavy atom. The lowest BCUT2D eigenvalue weighted by molar-refractivity contribution is 0.0279. The number of para-hydroxylation sites is 1. The molecule has 1 heterocycles. The molecule has 202 valence electrons. The van der Waals surface area contributed by atoms with Crippen LogP contribution in [0.15, 0.2) is 78.9 Å². The van der Waals surface area contributed by atoms with Crippen molar-refractivity contribution in [2.45, 2.75) is 45.8 Å². The van der Waals surface area contributed by atoms with Gasteiger partial charge < -0.3 is 9.05 Å². The minimum Gasteiger partial charge on any atom is -0.304 e. The average molecular weight is 542 g/mol. The third kappa shape index (κ3) is 6.20. The Bertz CT molecular complexity index is 1360. The van der Waals surface area contributed by atoms with E-state index in [1.807, 2.05) is 59.3 Å². The molecule has 1 atom stereocenters. The maximum Gasteiger partial charge on any atom is 0.404 e. The van der Waals surface area contributed by atoms with Crippen molar-refractivity contribution in [3.05, 3.63) is 95.6 Å². The summed E-state index contributed by atoms with van der Waals surface area (Å²) in [5.74, 6) is -0.154. The van der Waals surface area contributed by atoms with Crippen LogP contribution >= 0.6 is 7.60 Å². The van der Waals surface area contributed by atoms with Gasteiger partial charge in [-0.3, -0.25) is 4.57 Å². The van der Waals surface area contributed by atoms with Crippen LogP contribution in [0.5, 0.6) is 0 Å². The van der Waals surface area contributed by atoms with Gasteiger partial charge in [-0.05, 0) is 41.5 Å². The summed E-state index contributed by atoms with van der Waals surface area (Å²) in [6.45, 7) is 7.05. The van der Waals surface area contributed by atoms with E-state index >= 15 is 8.78 Å². The van der Waals surface area contributed by atoms with Gasteiger partial charge in [0.1, 0.15) is 5.52 Å². The van der Waals surface area contributed by atoms with Gasteiger partial charge >= 0.3 is 13.3 Å². The van der Waals surface area contributed by atoms with Crippen LogP contribution in [0.25, 0.3) is 11.0 Å². The molecule has 4 rings (SSSR count). The average Bonchev–Trinajstić information content (AvgIpc) is 3.34. The molecule has 0 saturated carbocycles. The third-order valence-electron chi connectivity index (χ3n) is 6.09. The SMILES string of the molecule is CC(C)COP(=O)(OCC(C)C)C(F)(F)c1ccc(CC(c2ccccc2)n2nnc3ccccc32)cc1. The van der Waals surface area contributed by atoms with Crippen molar-refractivity contribution in [1.29, 1.82) is 0 Å². The Morgan fingerprint density at radius 3 is 2.03 bits per heavy atom. The van der Waals surface area contributed by atoms with Crippen molar-refractivity contribution >= 4 is 18.6 Å². The number of rotatable bonds is 12. The van der Waals surface area contributed by atoms with Crippen molar-refractivity contribution in [3.8, 4) is 0 Å². The summed E-state index contributed by atoms with van der Waals surface area (Å²) in [6, 6.07) is 23.3. The second-order valence-corrected chi connectivity index (χ2v) is 12.3. The standard InChI is InChI=1S/C29H34F2N3O3P/c1-21(2)19-36-38(35,37-20-22(3)4)29(30,31)25-16-14-23(15-17-25)18-28(24-10-6-5-7-11-24)34-27-13-9-8-12-26(27)32-33-34/h5-17,21-22,28H,18-20H2,1-4H3. The summed E-state index contributed by atoms with van der Waals surface area (Å²) in [7, 11) is -4.77. The minimum atomic E-state index is -4.77. The normalized spacial score (nSPS) is 13.5.